The number of hydrogen-bond acceptors (Lipinski definition) is 4. The van der Waals surface area contributed by atoms with E-state index in [1.54, 1.807) is 18.9 Å². The molecule has 0 fully saturated rings. The fraction of sp³-hybridized carbons (Fsp3) is 0.357. The molecule has 0 aliphatic heterocycles. The van der Waals surface area contributed by atoms with Gasteiger partial charge in [-0.2, -0.15) is 5.10 Å². The van der Waals surface area contributed by atoms with Gasteiger partial charge in [0.05, 0.1) is 19.8 Å². The highest BCUT2D eigenvalue weighted by atomic mass is 16.5. The lowest BCUT2D eigenvalue weighted by Crippen LogP contribution is -1.96. The van der Waals surface area contributed by atoms with Crippen molar-refractivity contribution >= 4 is 5.82 Å². The molecule has 0 spiro atoms. The number of benzene rings is 1. The Balaban J connectivity index is 2.73. The van der Waals surface area contributed by atoms with Gasteiger partial charge in [0.2, 0.25) is 0 Å². The number of nitrogens with zero attached hydrogens (tertiary/aromatic N) is 2. The number of ether oxygens (including phenoxy) is 2. The molecule has 0 aliphatic rings. The van der Waals surface area contributed by atoms with Gasteiger partial charge in [-0.1, -0.05) is 0 Å². The highest BCUT2D eigenvalue weighted by Crippen LogP contribution is 2.39. The number of nitrogens with two attached hydrogens (primary N) is 1. The maximum atomic E-state index is 6.00. The van der Waals surface area contributed by atoms with Gasteiger partial charge in [0.25, 0.3) is 0 Å². The summed E-state index contributed by atoms with van der Waals surface area (Å²) < 4.78 is 12.6. The molecule has 0 unspecified atom stereocenters. The maximum Gasteiger partial charge on any atom is 0.153 e. The fourth-order valence-electron chi connectivity index (χ4n) is 2.21. The minimum absolute atomic E-state index is 0.490. The molecule has 0 amide bonds. The molecular formula is C14H19N3O2. The standard InChI is InChI=1S/C14H19N3O2/c1-8-6-12(19-5)10(7-11(8)18-4)13-9(2)17(3)16-14(13)15/h6-7H,1-5H3,(H2,15,16). The van der Waals surface area contributed by atoms with E-state index in [0.29, 0.717) is 5.82 Å². The van der Waals surface area contributed by atoms with Crippen LogP contribution >= 0.6 is 0 Å². The first-order valence-electron chi connectivity index (χ1n) is 6.01. The van der Waals surface area contributed by atoms with Gasteiger partial charge in [0, 0.05) is 18.3 Å². The molecular weight excluding hydrogens is 242 g/mol. The lowest BCUT2D eigenvalue weighted by molar-refractivity contribution is 0.402. The fourth-order valence-corrected chi connectivity index (χ4v) is 2.21. The van der Waals surface area contributed by atoms with E-state index in [1.807, 2.05) is 33.0 Å². The Bertz CT molecular complexity index is 618. The topological polar surface area (TPSA) is 62.3 Å². The van der Waals surface area contributed by atoms with Crippen LogP contribution < -0.4 is 15.2 Å². The molecule has 0 radical (unpaired) electrons. The quantitative estimate of drug-likeness (QED) is 0.921. The van der Waals surface area contributed by atoms with Gasteiger partial charge in [-0.25, -0.2) is 0 Å². The summed E-state index contributed by atoms with van der Waals surface area (Å²) in [5.74, 6) is 2.06. The zero-order valence-corrected chi connectivity index (χ0v) is 11.9. The summed E-state index contributed by atoms with van der Waals surface area (Å²) in [6.07, 6.45) is 0. The van der Waals surface area contributed by atoms with Crippen molar-refractivity contribution in [2.45, 2.75) is 13.8 Å². The van der Waals surface area contributed by atoms with E-state index < -0.39 is 0 Å². The molecule has 0 atom stereocenters. The van der Waals surface area contributed by atoms with Gasteiger partial charge in [-0.15, -0.1) is 0 Å². The monoisotopic (exact) mass is 261 g/mol. The molecule has 19 heavy (non-hydrogen) atoms. The molecule has 2 rings (SSSR count). The number of aryl methyl sites for hydroxylation is 2. The number of rotatable bonds is 3. The van der Waals surface area contributed by atoms with E-state index in [1.165, 1.54) is 0 Å². The molecule has 2 N–H and O–H groups in total. The number of aromatic nitrogens is 2. The van der Waals surface area contributed by atoms with Crippen LogP contribution in [0.25, 0.3) is 11.1 Å². The third kappa shape index (κ3) is 2.12. The van der Waals surface area contributed by atoms with E-state index >= 15 is 0 Å². The largest absolute Gasteiger partial charge is 0.496 e. The van der Waals surface area contributed by atoms with Crippen LogP contribution in [0, 0.1) is 13.8 Å². The van der Waals surface area contributed by atoms with Crippen LogP contribution in [0.5, 0.6) is 11.5 Å². The third-order valence-electron chi connectivity index (χ3n) is 3.35. The predicted molar refractivity (Wildman–Crippen MR) is 75.6 cm³/mol. The minimum atomic E-state index is 0.490. The van der Waals surface area contributed by atoms with Crippen molar-refractivity contribution in [2.75, 3.05) is 20.0 Å². The summed E-state index contributed by atoms with van der Waals surface area (Å²) in [6, 6.07) is 3.88. The van der Waals surface area contributed by atoms with Crippen LogP contribution in [-0.2, 0) is 7.05 Å². The zero-order chi connectivity index (χ0) is 14.2. The predicted octanol–water partition coefficient (Wildman–Crippen LogP) is 2.30. The smallest absolute Gasteiger partial charge is 0.153 e. The Morgan fingerprint density at radius 2 is 1.74 bits per heavy atom. The van der Waals surface area contributed by atoms with E-state index in [4.69, 9.17) is 15.2 Å². The van der Waals surface area contributed by atoms with Gasteiger partial charge in [-0.05, 0) is 31.5 Å². The van der Waals surface area contributed by atoms with E-state index in [-0.39, 0.29) is 0 Å². The Morgan fingerprint density at radius 3 is 2.21 bits per heavy atom. The normalized spacial score (nSPS) is 10.6. The number of methoxy groups -OCH3 is 2. The minimum Gasteiger partial charge on any atom is -0.496 e. The average Bonchev–Trinajstić information content (AvgIpc) is 2.63. The number of hydrogen-bond donors (Lipinski definition) is 1. The van der Waals surface area contributed by atoms with Crippen molar-refractivity contribution in [2.24, 2.45) is 7.05 Å². The summed E-state index contributed by atoms with van der Waals surface area (Å²) in [4.78, 5) is 0. The van der Waals surface area contributed by atoms with Crippen LogP contribution in [0.3, 0.4) is 0 Å². The van der Waals surface area contributed by atoms with Crippen LogP contribution in [0.2, 0.25) is 0 Å². The molecule has 0 saturated carbocycles. The van der Waals surface area contributed by atoms with Crippen molar-refractivity contribution in [1.29, 1.82) is 0 Å². The lowest BCUT2D eigenvalue weighted by atomic mass is 10.0. The first-order valence-corrected chi connectivity index (χ1v) is 6.01. The third-order valence-corrected chi connectivity index (χ3v) is 3.35. The summed E-state index contributed by atoms with van der Waals surface area (Å²) in [7, 11) is 5.16. The van der Waals surface area contributed by atoms with Crippen molar-refractivity contribution < 1.29 is 9.47 Å². The van der Waals surface area contributed by atoms with Crippen LogP contribution in [-0.4, -0.2) is 24.0 Å². The van der Waals surface area contributed by atoms with Gasteiger partial charge >= 0.3 is 0 Å². The first-order chi connectivity index (χ1) is 8.99. The second-order valence-corrected chi connectivity index (χ2v) is 4.49. The summed E-state index contributed by atoms with van der Waals surface area (Å²) in [6.45, 7) is 3.95. The molecule has 1 aromatic heterocycles. The van der Waals surface area contributed by atoms with Crippen molar-refractivity contribution in [3.05, 3.63) is 23.4 Å². The van der Waals surface area contributed by atoms with Crippen molar-refractivity contribution in [1.82, 2.24) is 9.78 Å². The molecule has 2 aromatic rings. The summed E-state index contributed by atoms with van der Waals surface area (Å²) in [5.41, 5.74) is 9.79. The van der Waals surface area contributed by atoms with Gasteiger partial charge in [0.1, 0.15) is 11.5 Å². The van der Waals surface area contributed by atoms with Gasteiger partial charge < -0.3 is 15.2 Å². The molecule has 5 nitrogen and oxygen atoms in total. The maximum absolute atomic E-state index is 6.00. The molecule has 0 aliphatic carbocycles. The van der Waals surface area contributed by atoms with Crippen molar-refractivity contribution in [3.8, 4) is 22.6 Å². The lowest BCUT2D eigenvalue weighted by Gasteiger charge is -2.13. The van der Waals surface area contributed by atoms with Crippen molar-refractivity contribution in [3.63, 3.8) is 0 Å². The molecule has 5 heteroatoms. The van der Waals surface area contributed by atoms with E-state index in [2.05, 4.69) is 5.10 Å². The second kappa shape index (κ2) is 4.84. The second-order valence-electron chi connectivity index (χ2n) is 4.49. The molecule has 102 valence electrons. The zero-order valence-electron chi connectivity index (χ0n) is 11.9. The Morgan fingerprint density at radius 1 is 1.11 bits per heavy atom. The Labute approximate surface area is 112 Å². The highest BCUT2D eigenvalue weighted by molar-refractivity contribution is 5.82. The van der Waals surface area contributed by atoms with Gasteiger partial charge in [-0.3, -0.25) is 4.68 Å². The highest BCUT2D eigenvalue weighted by Gasteiger charge is 2.18. The summed E-state index contributed by atoms with van der Waals surface area (Å²) in [5, 5.41) is 4.24. The number of anilines is 1. The average molecular weight is 261 g/mol. The van der Waals surface area contributed by atoms with E-state index in [0.717, 1.165) is 33.9 Å². The number of nitrogen functional groups attached to an aromatic ring is 1. The molecule has 0 bridgehead atoms. The van der Waals surface area contributed by atoms with Crippen LogP contribution in [0.15, 0.2) is 12.1 Å². The Kier molecular flexibility index (Phi) is 3.38. The molecule has 0 saturated heterocycles. The Hall–Kier alpha value is -2.17. The van der Waals surface area contributed by atoms with Crippen LogP contribution in [0.1, 0.15) is 11.3 Å². The SMILES string of the molecule is COc1cc(-c2c(N)nn(C)c2C)c(OC)cc1C. The van der Waals surface area contributed by atoms with Crippen LogP contribution in [0.4, 0.5) is 5.82 Å². The first kappa shape index (κ1) is 13.3. The molecule has 1 aromatic carbocycles. The molecule has 1 heterocycles. The van der Waals surface area contributed by atoms with E-state index in [9.17, 15) is 0 Å². The van der Waals surface area contributed by atoms with Gasteiger partial charge in [0.15, 0.2) is 5.82 Å². The summed E-state index contributed by atoms with van der Waals surface area (Å²) >= 11 is 0.